The SMILES string of the molecule is C=C(C)/C=C/[C@@]1(CCc2ccccc2)OC2=C(C(=O)CC(C)(C)C2)c2ccccc21. The third-order valence-electron chi connectivity index (χ3n) is 6.06. The van der Waals surface area contributed by atoms with Gasteiger partial charge >= 0.3 is 0 Å². The highest BCUT2D eigenvalue weighted by Gasteiger charge is 2.45. The Morgan fingerprint density at radius 1 is 1.07 bits per heavy atom. The van der Waals surface area contributed by atoms with Crippen LogP contribution in [-0.2, 0) is 21.6 Å². The Balaban J connectivity index is 1.83. The van der Waals surface area contributed by atoms with Gasteiger partial charge in [0.05, 0.1) is 5.57 Å². The summed E-state index contributed by atoms with van der Waals surface area (Å²) in [6.07, 6.45) is 7.20. The van der Waals surface area contributed by atoms with E-state index >= 15 is 0 Å². The van der Waals surface area contributed by atoms with Gasteiger partial charge in [0, 0.05) is 18.4 Å². The molecule has 2 aromatic rings. The molecule has 1 atom stereocenters. The first-order chi connectivity index (χ1) is 14.3. The molecule has 0 fully saturated rings. The molecule has 4 rings (SSSR count). The predicted octanol–water partition coefficient (Wildman–Crippen LogP) is 6.78. The normalized spacial score (nSPS) is 22.4. The molecule has 2 nitrogen and oxygen atoms in total. The van der Waals surface area contributed by atoms with E-state index in [0.717, 1.165) is 47.3 Å². The second-order valence-electron chi connectivity index (χ2n) is 9.44. The summed E-state index contributed by atoms with van der Waals surface area (Å²) < 4.78 is 6.81. The lowest BCUT2D eigenvalue weighted by molar-refractivity contribution is -0.117. The summed E-state index contributed by atoms with van der Waals surface area (Å²) in [5.41, 5.74) is 4.44. The zero-order chi connectivity index (χ0) is 21.4. The maximum Gasteiger partial charge on any atom is 0.167 e. The van der Waals surface area contributed by atoms with Gasteiger partial charge < -0.3 is 4.74 Å². The van der Waals surface area contributed by atoms with E-state index in [1.807, 2.05) is 31.2 Å². The monoisotopic (exact) mass is 398 g/mol. The van der Waals surface area contributed by atoms with Crippen LogP contribution >= 0.6 is 0 Å². The molecule has 2 aromatic carbocycles. The first-order valence-corrected chi connectivity index (χ1v) is 10.7. The molecule has 30 heavy (non-hydrogen) atoms. The first kappa shape index (κ1) is 20.4. The summed E-state index contributed by atoms with van der Waals surface area (Å²) in [6, 6.07) is 18.7. The van der Waals surface area contributed by atoms with Gasteiger partial charge in [0.2, 0.25) is 0 Å². The van der Waals surface area contributed by atoms with E-state index in [0.29, 0.717) is 6.42 Å². The van der Waals surface area contributed by atoms with Gasteiger partial charge in [-0.1, -0.05) is 86.7 Å². The number of aryl methyl sites for hydroxylation is 1. The Hall–Kier alpha value is -2.87. The van der Waals surface area contributed by atoms with Crippen LogP contribution in [0.2, 0.25) is 0 Å². The van der Waals surface area contributed by atoms with Crippen LogP contribution in [-0.4, -0.2) is 5.78 Å². The van der Waals surface area contributed by atoms with Crippen molar-refractivity contribution < 1.29 is 9.53 Å². The summed E-state index contributed by atoms with van der Waals surface area (Å²) in [4.78, 5) is 13.1. The number of fused-ring (bicyclic) bond motifs is 2. The van der Waals surface area contributed by atoms with Crippen molar-refractivity contribution in [2.45, 2.75) is 52.1 Å². The molecule has 1 aliphatic carbocycles. The van der Waals surface area contributed by atoms with E-state index in [1.165, 1.54) is 5.56 Å². The van der Waals surface area contributed by atoms with E-state index < -0.39 is 5.60 Å². The van der Waals surface area contributed by atoms with Crippen molar-refractivity contribution in [2.24, 2.45) is 5.41 Å². The number of hydrogen-bond donors (Lipinski definition) is 0. The number of carbonyl (C=O) groups is 1. The summed E-state index contributed by atoms with van der Waals surface area (Å²) in [5, 5.41) is 0. The first-order valence-electron chi connectivity index (χ1n) is 10.7. The largest absolute Gasteiger partial charge is 0.482 e. The molecule has 0 aromatic heterocycles. The number of allylic oxidation sites excluding steroid dienone is 4. The summed E-state index contributed by atoms with van der Waals surface area (Å²) in [5.74, 6) is 1.03. The van der Waals surface area contributed by atoms with Gasteiger partial charge in [-0.3, -0.25) is 4.79 Å². The minimum atomic E-state index is -0.613. The quantitative estimate of drug-likeness (QED) is 0.519. The highest BCUT2D eigenvalue weighted by Crippen LogP contribution is 2.51. The molecule has 2 aliphatic rings. The summed E-state index contributed by atoms with van der Waals surface area (Å²) >= 11 is 0. The number of carbonyl (C=O) groups excluding carboxylic acids is 1. The van der Waals surface area contributed by atoms with Crippen LogP contribution in [0.25, 0.3) is 5.57 Å². The Kier molecular flexibility index (Phi) is 5.27. The summed E-state index contributed by atoms with van der Waals surface area (Å²) in [6.45, 7) is 10.3. The van der Waals surface area contributed by atoms with Crippen molar-refractivity contribution in [1.82, 2.24) is 0 Å². The molecule has 1 heterocycles. The molecule has 2 heteroatoms. The Bertz CT molecular complexity index is 1040. The molecule has 0 radical (unpaired) electrons. The predicted molar refractivity (Wildman–Crippen MR) is 123 cm³/mol. The highest BCUT2D eigenvalue weighted by atomic mass is 16.5. The van der Waals surface area contributed by atoms with Crippen molar-refractivity contribution in [2.75, 3.05) is 0 Å². The average molecular weight is 399 g/mol. The van der Waals surface area contributed by atoms with Crippen LogP contribution in [0.15, 0.2) is 84.7 Å². The van der Waals surface area contributed by atoms with Gasteiger partial charge in [0.15, 0.2) is 11.4 Å². The third-order valence-corrected chi connectivity index (χ3v) is 6.06. The van der Waals surface area contributed by atoms with Crippen LogP contribution in [0.4, 0.5) is 0 Å². The fraction of sp³-hybridized carbons (Fsp3) is 0.321. The van der Waals surface area contributed by atoms with Crippen LogP contribution in [0.5, 0.6) is 0 Å². The highest BCUT2D eigenvalue weighted by molar-refractivity contribution is 6.23. The number of ketones is 1. The van der Waals surface area contributed by atoms with Crippen molar-refractivity contribution in [3.8, 4) is 0 Å². The molecule has 0 N–H and O–H groups in total. The van der Waals surface area contributed by atoms with Gasteiger partial charge in [0.1, 0.15) is 5.76 Å². The molecule has 154 valence electrons. The van der Waals surface area contributed by atoms with E-state index in [9.17, 15) is 4.79 Å². The van der Waals surface area contributed by atoms with E-state index in [4.69, 9.17) is 4.74 Å². The van der Waals surface area contributed by atoms with Gasteiger partial charge in [-0.2, -0.15) is 0 Å². The second kappa shape index (κ2) is 7.75. The standard InChI is InChI=1S/C28H30O2/c1-20(2)14-16-28(17-15-21-10-6-5-7-11-21)23-13-9-8-12-22(23)26-24(29)18-27(3,4)19-25(26)30-28/h5-14,16H,1,15,17-19H2,2-4H3/b16-14+/t28-/m0/s1. The van der Waals surface area contributed by atoms with Crippen LogP contribution in [0, 0.1) is 5.41 Å². The van der Waals surface area contributed by atoms with Crippen LogP contribution in [0.1, 0.15) is 56.7 Å². The molecule has 0 unspecified atom stereocenters. The van der Waals surface area contributed by atoms with Gasteiger partial charge in [0.25, 0.3) is 0 Å². The lowest BCUT2D eigenvalue weighted by Crippen LogP contribution is -2.37. The molecule has 0 bridgehead atoms. The minimum absolute atomic E-state index is 0.0918. The lowest BCUT2D eigenvalue weighted by Gasteiger charge is -2.43. The van der Waals surface area contributed by atoms with E-state index in [1.54, 1.807) is 0 Å². The van der Waals surface area contributed by atoms with Gasteiger partial charge in [-0.05, 0) is 42.4 Å². The Morgan fingerprint density at radius 3 is 2.50 bits per heavy atom. The molecule has 0 spiro atoms. The lowest BCUT2D eigenvalue weighted by atomic mass is 9.71. The van der Waals surface area contributed by atoms with Crippen LogP contribution in [0.3, 0.4) is 0 Å². The summed E-state index contributed by atoms with van der Waals surface area (Å²) in [7, 11) is 0. The second-order valence-corrected chi connectivity index (χ2v) is 9.44. The maximum absolute atomic E-state index is 13.1. The number of ether oxygens (including phenoxy) is 1. The molecular formula is C28H30O2. The Labute approximate surface area is 180 Å². The molecule has 0 saturated carbocycles. The van der Waals surface area contributed by atoms with Crippen molar-refractivity contribution in [3.05, 3.63) is 101 Å². The topological polar surface area (TPSA) is 26.3 Å². The average Bonchev–Trinajstić information content (AvgIpc) is 2.70. The van der Waals surface area contributed by atoms with Crippen molar-refractivity contribution in [1.29, 1.82) is 0 Å². The zero-order valence-corrected chi connectivity index (χ0v) is 18.2. The molecule has 1 aliphatic heterocycles. The number of hydrogen-bond acceptors (Lipinski definition) is 2. The van der Waals surface area contributed by atoms with E-state index in [2.05, 4.69) is 62.9 Å². The molecule has 0 saturated heterocycles. The third kappa shape index (κ3) is 3.92. The fourth-order valence-corrected chi connectivity index (χ4v) is 4.64. The maximum atomic E-state index is 13.1. The fourth-order valence-electron chi connectivity index (χ4n) is 4.64. The smallest absolute Gasteiger partial charge is 0.167 e. The minimum Gasteiger partial charge on any atom is -0.482 e. The number of Topliss-reactive ketones (excluding diaryl/α,β-unsaturated/α-hetero) is 1. The Morgan fingerprint density at radius 2 is 1.77 bits per heavy atom. The molecule has 0 amide bonds. The van der Waals surface area contributed by atoms with Crippen molar-refractivity contribution in [3.63, 3.8) is 0 Å². The van der Waals surface area contributed by atoms with Crippen LogP contribution < -0.4 is 0 Å². The van der Waals surface area contributed by atoms with Gasteiger partial charge in [-0.15, -0.1) is 0 Å². The van der Waals surface area contributed by atoms with Gasteiger partial charge in [-0.25, -0.2) is 0 Å². The number of rotatable bonds is 5. The molecular weight excluding hydrogens is 368 g/mol. The zero-order valence-electron chi connectivity index (χ0n) is 18.2. The van der Waals surface area contributed by atoms with E-state index in [-0.39, 0.29) is 11.2 Å². The number of benzene rings is 2. The van der Waals surface area contributed by atoms with Crippen molar-refractivity contribution >= 4 is 11.4 Å².